The van der Waals surface area contributed by atoms with Crippen LogP contribution in [0.4, 0.5) is 0 Å². The van der Waals surface area contributed by atoms with Gasteiger partial charge >= 0.3 is 0 Å². The fourth-order valence-electron chi connectivity index (χ4n) is 2.72. The molecule has 3 aromatic rings. The molecule has 0 saturated heterocycles. The van der Waals surface area contributed by atoms with Crippen LogP contribution >= 0.6 is 0 Å². The van der Waals surface area contributed by atoms with Crippen molar-refractivity contribution < 1.29 is 0 Å². The Labute approximate surface area is 142 Å². The largest absolute Gasteiger partial charge is 0.314 e. The van der Waals surface area contributed by atoms with Gasteiger partial charge in [-0.3, -0.25) is 10.00 Å². The molecule has 24 heavy (non-hydrogen) atoms. The van der Waals surface area contributed by atoms with Crippen molar-refractivity contribution in [1.82, 2.24) is 29.9 Å². The van der Waals surface area contributed by atoms with E-state index < -0.39 is 0 Å². The van der Waals surface area contributed by atoms with Crippen LogP contribution in [0.25, 0.3) is 11.3 Å². The summed E-state index contributed by atoms with van der Waals surface area (Å²) in [6.07, 6.45) is 1.79. The molecule has 0 unspecified atom stereocenters. The molecule has 0 amide bonds. The Bertz CT molecular complexity index is 774. The van der Waals surface area contributed by atoms with Crippen molar-refractivity contribution >= 4 is 0 Å². The maximum Gasteiger partial charge on any atom is 0.147 e. The van der Waals surface area contributed by atoms with Crippen LogP contribution in [-0.2, 0) is 6.54 Å². The minimum absolute atomic E-state index is 0.201. The van der Waals surface area contributed by atoms with Gasteiger partial charge in [-0.1, -0.05) is 30.3 Å². The summed E-state index contributed by atoms with van der Waals surface area (Å²) in [6.45, 7) is 7.17. The number of H-pyrrole nitrogens is 1. The van der Waals surface area contributed by atoms with Gasteiger partial charge in [0.25, 0.3) is 0 Å². The van der Waals surface area contributed by atoms with Crippen LogP contribution in [0, 0.1) is 0 Å². The van der Waals surface area contributed by atoms with Gasteiger partial charge in [0.2, 0.25) is 0 Å². The molecule has 1 atom stereocenters. The number of benzene rings is 1. The fraction of sp³-hybridized carbons (Fsp3) is 0.389. The quantitative estimate of drug-likeness (QED) is 0.754. The Morgan fingerprint density at radius 3 is 2.62 bits per heavy atom. The maximum absolute atomic E-state index is 4.45. The lowest BCUT2D eigenvalue weighted by atomic mass is 10.1. The first kappa shape index (κ1) is 16.4. The first-order chi connectivity index (χ1) is 11.6. The minimum atomic E-state index is 0.201. The van der Waals surface area contributed by atoms with Gasteiger partial charge in [0, 0.05) is 17.6 Å². The van der Waals surface area contributed by atoms with E-state index >= 15 is 0 Å². The van der Waals surface area contributed by atoms with E-state index in [1.54, 1.807) is 6.33 Å². The van der Waals surface area contributed by atoms with E-state index in [4.69, 9.17) is 0 Å². The third kappa shape index (κ3) is 3.38. The number of aromatic nitrogens is 5. The summed E-state index contributed by atoms with van der Waals surface area (Å²) in [6, 6.07) is 12.9. The monoisotopic (exact) mass is 324 g/mol. The zero-order valence-corrected chi connectivity index (χ0v) is 14.6. The second-order valence-corrected chi connectivity index (χ2v) is 6.41. The zero-order valence-electron chi connectivity index (χ0n) is 14.6. The summed E-state index contributed by atoms with van der Waals surface area (Å²) in [5.74, 6) is 0.974. The van der Waals surface area contributed by atoms with E-state index in [9.17, 15) is 0 Å². The molecule has 0 saturated carbocycles. The number of nitrogens with one attached hydrogen (secondary N) is 1. The molecule has 6 nitrogen and oxygen atoms in total. The van der Waals surface area contributed by atoms with E-state index in [2.05, 4.69) is 75.9 Å². The lowest BCUT2D eigenvalue weighted by Gasteiger charge is -2.23. The summed E-state index contributed by atoms with van der Waals surface area (Å²) in [7, 11) is 2.09. The van der Waals surface area contributed by atoms with Crippen molar-refractivity contribution in [2.24, 2.45) is 0 Å². The molecule has 3 rings (SSSR count). The molecule has 1 N–H and O–H groups in total. The van der Waals surface area contributed by atoms with Crippen LogP contribution < -0.4 is 0 Å². The molecule has 1 aromatic carbocycles. The van der Waals surface area contributed by atoms with Crippen LogP contribution in [0.3, 0.4) is 0 Å². The molecule has 0 fully saturated rings. The number of hydrogen-bond donors (Lipinski definition) is 1. The van der Waals surface area contributed by atoms with Gasteiger partial charge in [0.1, 0.15) is 12.2 Å². The van der Waals surface area contributed by atoms with Crippen LogP contribution in [-0.4, -0.2) is 36.9 Å². The van der Waals surface area contributed by atoms with Gasteiger partial charge in [-0.05, 0) is 33.9 Å². The van der Waals surface area contributed by atoms with E-state index in [0.717, 1.165) is 29.3 Å². The number of rotatable bonds is 6. The second-order valence-electron chi connectivity index (χ2n) is 6.41. The molecule has 0 spiro atoms. The molecule has 0 aliphatic heterocycles. The SMILES string of the molecule is CC(C)n1cnnc1CN(C)[C@@H](C)c1cc(-c2ccccc2)n[nH]1. The van der Waals surface area contributed by atoms with Gasteiger partial charge in [-0.25, -0.2) is 0 Å². The number of nitrogens with zero attached hydrogens (tertiary/aromatic N) is 5. The summed E-state index contributed by atoms with van der Waals surface area (Å²) in [5.41, 5.74) is 3.18. The van der Waals surface area contributed by atoms with E-state index in [1.165, 1.54) is 0 Å². The van der Waals surface area contributed by atoms with Gasteiger partial charge in [0.15, 0.2) is 0 Å². The van der Waals surface area contributed by atoms with Gasteiger partial charge in [0.05, 0.1) is 17.9 Å². The molecule has 0 aliphatic rings. The van der Waals surface area contributed by atoms with Crippen molar-refractivity contribution in [3.8, 4) is 11.3 Å². The lowest BCUT2D eigenvalue weighted by molar-refractivity contribution is 0.237. The average molecular weight is 324 g/mol. The van der Waals surface area contributed by atoms with Crippen molar-refractivity contribution in [2.45, 2.75) is 39.4 Å². The number of hydrogen-bond acceptors (Lipinski definition) is 4. The zero-order chi connectivity index (χ0) is 17.1. The third-order valence-electron chi connectivity index (χ3n) is 4.37. The Morgan fingerprint density at radius 2 is 1.92 bits per heavy atom. The predicted molar refractivity (Wildman–Crippen MR) is 94.3 cm³/mol. The summed E-state index contributed by atoms with van der Waals surface area (Å²) in [5, 5.41) is 15.9. The van der Waals surface area contributed by atoms with Crippen molar-refractivity contribution in [2.75, 3.05) is 7.05 Å². The second kappa shape index (κ2) is 6.97. The molecule has 2 aromatic heterocycles. The standard InChI is InChI=1S/C18H24N6/c1-13(2)24-12-19-22-18(24)11-23(4)14(3)16-10-17(21-20-16)15-8-6-5-7-9-15/h5-10,12-14H,11H2,1-4H3,(H,20,21)/t14-/m0/s1. The van der Waals surface area contributed by atoms with Gasteiger partial charge in [-0.2, -0.15) is 5.10 Å². The summed E-state index contributed by atoms with van der Waals surface area (Å²) < 4.78 is 2.10. The summed E-state index contributed by atoms with van der Waals surface area (Å²) >= 11 is 0. The van der Waals surface area contributed by atoms with Crippen LogP contribution in [0.15, 0.2) is 42.7 Å². The topological polar surface area (TPSA) is 62.6 Å². The molecule has 0 aliphatic carbocycles. The normalized spacial score (nSPS) is 12.9. The van der Waals surface area contributed by atoms with Gasteiger partial charge in [-0.15, -0.1) is 10.2 Å². The first-order valence-corrected chi connectivity index (χ1v) is 8.25. The fourth-order valence-corrected chi connectivity index (χ4v) is 2.72. The average Bonchev–Trinajstić information content (AvgIpc) is 3.24. The van der Waals surface area contributed by atoms with Crippen LogP contribution in [0.5, 0.6) is 0 Å². The maximum atomic E-state index is 4.45. The molecule has 126 valence electrons. The Kier molecular flexibility index (Phi) is 4.76. The highest BCUT2D eigenvalue weighted by Gasteiger charge is 2.18. The van der Waals surface area contributed by atoms with E-state index in [1.807, 2.05) is 18.2 Å². The van der Waals surface area contributed by atoms with Crippen molar-refractivity contribution in [3.63, 3.8) is 0 Å². The Hall–Kier alpha value is -2.47. The van der Waals surface area contributed by atoms with Gasteiger partial charge < -0.3 is 4.57 Å². The highest BCUT2D eigenvalue weighted by Crippen LogP contribution is 2.24. The van der Waals surface area contributed by atoms with Crippen molar-refractivity contribution in [1.29, 1.82) is 0 Å². The Balaban J connectivity index is 1.73. The molecular weight excluding hydrogens is 300 g/mol. The highest BCUT2D eigenvalue weighted by molar-refractivity contribution is 5.59. The highest BCUT2D eigenvalue weighted by atomic mass is 15.3. The molecule has 2 heterocycles. The molecule has 6 heteroatoms. The Morgan fingerprint density at radius 1 is 1.17 bits per heavy atom. The van der Waals surface area contributed by atoms with E-state index in [0.29, 0.717) is 6.04 Å². The van der Waals surface area contributed by atoms with Crippen LogP contribution in [0.2, 0.25) is 0 Å². The molecular formula is C18H24N6. The lowest BCUT2D eigenvalue weighted by Crippen LogP contribution is -2.24. The van der Waals surface area contributed by atoms with E-state index in [-0.39, 0.29) is 6.04 Å². The van der Waals surface area contributed by atoms with Crippen LogP contribution in [0.1, 0.15) is 44.4 Å². The molecule has 0 bridgehead atoms. The first-order valence-electron chi connectivity index (χ1n) is 8.25. The van der Waals surface area contributed by atoms with Crippen molar-refractivity contribution in [3.05, 3.63) is 54.2 Å². The summed E-state index contributed by atoms with van der Waals surface area (Å²) in [4.78, 5) is 2.24. The minimum Gasteiger partial charge on any atom is -0.314 e. The smallest absolute Gasteiger partial charge is 0.147 e. The predicted octanol–water partition coefficient (Wildman–Crippen LogP) is 3.44. The number of aromatic amines is 1. The molecule has 0 radical (unpaired) electrons. The third-order valence-corrected chi connectivity index (χ3v) is 4.37.